The summed E-state index contributed by atoms with van der Waals surface area (Å²) in [6, 6.07) is 0. The Kier molecular flexibility index (Phi) is 6.71. The Balaban J connectivity index is 1.34. The molecule has 10 atom stereocenters. The molecule has 0 bridgehead atoms. The summed E-state index contributed by atoms with van der Waals surface area (Å²) in [7, 11) is 2.95. The number of carbonyl (C=O) groups excluding carboxylic acids is 1. The van der Waals surface area contributed by atoms with Gasteiger partial charge >= 0.3 is 0 Å². The van der Waals surface area contributed by atoms with E-state index < -0.39 is 73.0 Å². The lowest BCUT2D eigenvalue weighted by atomic mass is 9.96. The van der Waals surface area contributed by atoms with Gasteiger partial charge < -0.3 is 48.1 Å². The van der Waals surface area contributed by atoms with Crippen LogP contribution in [0.3, 0.4) is 0 Å². The summed E-state index contributed by atoms with van der Waals surface area (Å²) in [6.45, 7) is 7.06. The number of ether oxygens (including phenoxy) is 8. The number of fused-ring (bicyclic) bond motifs is 2. The van der Waals surface area contributed by atoms with Crippen LogP contribution in [0.2, 0.25) is 0 Å². The Hall–Kier alpha value is -0.730. The van der Waals surface area contributed by atoms with Gasteiger partial charge in [-0.2, -0.15) is 0 Å². The maximum Gasteiger partial charge on any atom is 0.186 e. The monoisotopic (exact) mass is 462 g/mol. The molecule has 0 amide bonds. The fraction of sp³-hybridized carbons (Fsp3) is 0.952. The van der Waals surface area contributed by atoms with Gasteiger partial charge in [0.25, 0.3) is 0 Å². The molecule has 32 heavy (non-hydrogen) atoms. The third-order valence-corrected chi connectivity index (χ3v) is 6.19. The van der Waals surface area contributed by atoms with Gasteiger partial charge in [0.15, 0.2) is 24.2 Å². The first-order chi connectivity index (χ1) is 14.9. The molecule has 4 saturated heterocycles. The zero-order chi connectivity index (χ0) is 23.4. The average molecular weight is 462 g/mol. The fourth-order valence-electron chi connectivity index (χ4n) is 4.96. The van der Waals surface area contributed by atoms with E-state index in [1.165, 1.54) is 14.2 Å². The fourth-order valence-corrected chi connectivity index (χ4v) is 4.96. The molecular formula is C21H34O11. The highest BCUT2D eigenvalue weighted by atomic mass is 16.8. The zero-order valence-electron chi connectivity index (χ0n) is 19.3. The Morgan fingerprint density at radius 2 is 1.09 bits per heavy atom. The van der Waals surface area contributed by atoms with Gasteiger partial charge in [0.1, 0.15) is 42.4 Å². The van der Waals surface area contributed by atoms with Crippen molar-refractivity contribution in [2.45, 2.75) is 114 Å². The smallest absolute Gasteiger partial charge is 0.186 e. The Morgan fingerprint density at radius 3 is 1.44 bits per heavy atom. The Bertz CT molecular complexity index is 641. The largest absolute Gasteiger partial charge is 0.390 e. The third kappa shape index (κ3) is 4.61. The van der Waals surface area contributed by atoms with Crippen LogP contribution in [0, 0.1) is 0 Å². The summed E-state index contributed by atoms with van der Waals surface area (Å²) >= 11 is 0. The molecule has 0 aromatic heterocycles. The normalized spacial score (nSPS) is 43.8. The van der Waals surface area contributed by atoms with E-state index in [0.717, 1.165) is 0 Å². The van der Waals surface area contributed by atoms with Crippen LogP contribution >= 0.6 is 0 Å². The highest BCUT2D eigenvalue weighted by Crippen LogP contribution is 2.42. The lowest BCUT2D eigenvalue weighted by molar-refractivity contribution is -0.237. The summed E-state index contributed by atoms with van der Waals surface area (Å²) in [5, 5.41) is 21.4. The molecule has 0 aromatic rings. The summed E-state index contributed by atoms with van der Waals surface area (Å²) in [4.78, 5) is 12.7. The molecule has 11 heteroatoms. The van der Waals surface area contributed by atoms with Crippen molar-refractivity contribution >= 4 is 5.78 Å². The molecule has 184 valence electrons. The van der Waals surface area contributed by atoms with Crippen molar-refractivity contribution in [1.82, 2.24) is 0 Å². The van der Waals surface area contributed by atoms with Crippen molar-refractivity contribution in [3.8, 4) is 0 Å². The standard InChI is InChI=1S/C21H34O11/c1-20(2)29-14-12(27-18(25-5)16(14)31-20)10(23)7-9(22)8-11(24)13-15-17(19(26-6)28-13)32-21(3,4)30-15/h10-19,23-24H,7-8H2,1-6H3/t10-,11-,12-,13-,14+,15+,16+,17+,18+,19+/m1/s1. The number of hydrogen-bond acceptors (Lipinski definition) is 11. The van der Waals surface area contributed by atoms with Gasteiger partial charge in [-0.1, -0.05) is 0 Å². The van der Waals surface area contributed by atoms with Crippen molar-refractivity contribution in [3.63, 3.8) is 0 Å². The van der Waals surface area contributed by atoms with Crippen LogP contribution < -0.4 is 0 Å². The second kappa shape index (κ2) is 8.81. The van der Waals surface area contributed by atoms with E-state index in [1.54, 1.807) is 27.7 Å². The molecular weight excluding hydrogens is 428 g/mol. The summed E-state index contributed by atoms with van der Waals surface area (Å²) in [5.41, 5.74) is 0. The molecule has 0 unspecified atom stereocenters. The summed E-state index contributed by atoms with van der Waals surface area (Å²) in [5.74, 6) is -2.05. The number of Topliss-reactive ketones (excluding diaryl/α,β-unsaturated/α-hetero) is 1. The van der Waals surface area contributed by atoms with E-state index >= 15 is 0 Å². The first kappa shape index (κ1) is 24.4. The van der Waals surface area contributed by atoms with Crippen LogP contribution in [0.15, 0.2) is 0 Å². The van der Waals surface area contributed by atoms with Crippen molar-refractivity contribution in [2.75, 3.05) is 14.2 Å². The van der Waals surface area contributed by atoms with Crippen molar-refractivity contribution in [1.29, 1.82) is 0 Å². The topological polar surface area (TPSA) is 131 Å². The number of ketones is 1. The van der Waals surface area contributed by atoms with Gasteiger partial charge in [0.05, 0.1) is 12.2 Å². The number of aliphatic hydroxyl groups is 2. The predicted octanol–water partition coefficient (Wildman–Crippen LogP) is -0.160. The summed E-state index contributed by atoms with van der Waals surface area (Å²) < 4.78 is 45.4. The molecule has 4 rings (SSSR count). The average Bonchev–Trinajstić information content (AvgIpc) is 3.36. The second-order valence-electron chi connectivity index (χ2n) is 9.62. The van der Waals surface area contributed by atoms with Crippen LogP contribution in [0.5, 0.6) is 0 Å². The number of rotatable bonds is 8. The molecule has 2 N–H and O–H groups in total. The highest BCUT2D eigenvalue weighted by molar-refractivity contribution is 5.79. The van der Waals surface area contributed by atoms with Crippen molar-refractivity contribution in [2.24, 2.45) is 0 Å². The van der Waals surface area contributed by atoms with E-state index in [0.29, 0.717) is 0 Å². The predicted molar refractivity (Wildman–Crippen MR) is 105 cm³/mol. The number of carbonyl (C=O) groups is 1. The summed E-state index contributed by atoms with van der Waals surface area (Å²) in [6.07, 6.45) is -7.96. The SMILES string of the molecule is CO[C@H]1O[C@H]([C@H](O)CC(=O)C[C@@H](O)[C@H]2O[C@H](OC)[C@H]3OC(C)(C)O[C@H]32)[C@@H]2OC(C)(C)O[C@H]12. The van der Waals surface area contributed by atoms with E-state index in [4.69, 9.17) is 37.9 Å². The number of methoxy groups -OCH3 is 2. The van der Waals surface area contributed by atoms with Crippen LogP contribution in [-0.2, 0) is 42.7 Å². The quantitative estimate of drug-likeness (QED) is 0.499. The highest BCUT2D eigenvalue weighted by Gasteiger charge is 2.59. The maximum absolute atomic E-state index is 12.7. The van der Waals surface area contributed by atoms with Gasteiger partial charge in [-0.15, -0.1) is 0 Å². The number of hydrogen-bond donors (Lipinski definition) is 2. The van der Waals surface area contributed by atoms with Gasteiger partial charge in [0, 0.05) is 27.1 Å². The molecule has 11 nitrogen and oxygen atoms in total. The number of aliphatic hydroxyl groups excluding tert-OH is 2. The Labute approximate surface area is 187 Å². The minimum absolute atomic E-state index is 0.234. The lowest BCUT2D eigenvalue weighted by Crippen LogP contribution is -2.42. The molecule has 4 fully saturated rings. The molecule has 0 aromatic carbocycles. The first-order valence-corrected chi connectivity index (χ1v) is 10.9. The molecule has 0 spiro atoms. The van der Waals surface area contributed by atoms with Crippen LogP contribution in [0.4, 0.5) is 0 Å². The molecule has 0 saturated carbocycles. The molecule has 4 aliphatic rings. The molecule has 4 aliphatic heterocycles. The van der Waals surface area contributed by atoms with E-state index in [1.807, 2.05) is 0 Å². The second-order valence-corrected chi connectivity index (χ2v) is 9.62. The zero-order valence-corrected chi connectivity index (χ0v) is 19.3. The molecule has 0 radical (unpaired) electrons. The van der Waals surface area contributed by atoms with Crippen molar-refractivity contribution in [3.05, 3.63) is 0 Å². The first-order valence-electron chi connectivity index (χ1n) is 10.9. The lowest BCUT2D eigenvalue weighted by Gasteiger charge is -2.27. The maximum atomic E-state index is 12.7. The molecule has 0 aliphatic carbocycles. The molecule has 4 heterocycles. The minimum atomic E-state index is -1.16. The van der Waals surface area contributed by atoms with Gasteiger partial charge in [-0.05, 0) is 27.7 Å². The van der Waals surface area contributed by atoms with Crippen LogP contribution in [0.1, 0.15) is 40.5 Å². The van der Waals surface area contributed by atoms with E-state index in [9.17, 15) is 15.0 Å². The van der Waals surface area contributed by atoms with Crippen LogP contribution in [-0.4, -0.2) is 103 Å². The van der Waals surface area contributed by atoms with E-state index in [2.05, 4.69) is 0 Å². The van der Waals surface area contributed by atoms with Gasteiger partial charge in [-0.3, -0.25) is 4.79 Å². The Morgan fingerprint density at radius 1 is 0.750 bits per heavy atom. The van der Waals surface area contributed by atoms with E-state index in [-0.39, 0.29) is 18.6 Å². The van der Waals surface area contributed by atoms with Crippen molar-refractivity contribution < 1.29 is 52.9 Å². The van der Waals surface area contributed by atoms with Crippen LogP contribution in [0.25, 0.3) is 0 Å². The third-order valence-electron chi connectivity index (χ3n) is 6.19. The van der Waals surface area contributed by atoms with Gasteiger partial charge in [0.2, 0.25) is 0 Å². The van der Waals surface area contributed by atoms with Gasteiger partial charge in [-0.25, -0.2) is 0 Å². The minimum Gasteiger partial charge on any atom is -0.390 e.